The van der Waals surface area contributed by atoms with Crippen molar-refractivity contribution in [2.75, 3.05) is 7.11 Å². The van der Waals surface area contributed by atoms with Crippen molar-refractivity contribution >= 4 is 5.71 Å². The molecule has 3 heteroatoms. The molecule has 14 heavy (non-hydrogen) atoms. The Hall–Kier alpha value is -1.35. The van der Waals surface area contributed by atoms with Gasteiger partial charge >= 0.3 is 0 Å². The first kappa shape index (κ1) is 10.7. The number of hydrogen-bond donors (Lipinski definition) is 1. The van der Waals surface area contributed by atoms with Crippen molar-refractivity contribution in [1.29, 1.82) is 0 Å². The van der Waals surface area contributed by atoms with Crippen LogP contribution in [-0.2, 0) is 4.84 Å². The van der Waals surface area contributed by atoms with E-state index in [0.717, 1.165) is 5.56 Å². The molecule has 0 aliphatic rings. The maximum absolute atomic E-state index is 9.90. The molecule has 76 valence electrons. The average molecular weight is 193 g/mol. The minimum absolute atomic E-state index is 0.638. The topological polar surface area (TPSA) is 41.8 Å². The number of nitrogens with zero attached hydrogens (tertiary/aromatic N) is 1. The van der Waals surface area contributed by atoms with Crippen LogP contribution in [0.3, 0.4) is 0 Å². The maximum atomic E-state index is 9.90. The maximum Gasteiger partial charge on any atom is 0.120 e. The molecule has 0 bridgehead atoms. The highest BCUT2D eigenvalue weighted by molar-refractivity contribution is 5.88. The molecule has 1 atom stereocenters. The fraction of sp³-hybridized carbons (Fsp3) is 0.364. The summed E-state index contributed by atoms with van der Waals surface area (Å²) in [6, 6.07) is 9.42. The van der Waals surface area contributed by atoms with Gasteiger partial charge in [0.15, 0.2) is 0 Å². The lowest BCUT2D eigenvalue weighted by Gasteiger charge is -2.11. The van der Waals surface area contributed by atoms with Gasteiger partial charge in [-0.25, -0.2) is 0 Å². The Labute approximate surface area is 84.0 Å². The zero-order chi connectivity index (χ0) is 10.4. The van der Waals surface area contributed by atoms with E-state index in [-0.39, 0.29) is 0 Å². The van der Waals surface area contributed by atoms with Gasteiger partial charge in [0.2, 0.25) is 0 Å². The Morgan fingerprint density at radius 3 is 2.57 bits per heavy atom. The van der Waals surface area contributed by atoms with Crippen molar-refractivity contribution in [3.8, 4) is 0 Å². The predicted molar refractivity (Wildman–Crippen MR) is 56.1 cm³/mol. The molecule has 0 radical (unpaired) electrons. The van der Waals surface area contributed by atoms with Crippen LogP contribution in [0.15, 0.2) is 35.5 Å². The largest absolute Gasteiger partial charge is 0.399 e. The second-order valence-electron chi connectivity index (χ2n) is 2.93. The van der Waals surface area contributed by atoms with Crippen LogP contribution in [0.5, 0.6) is 0 Å². The lowest BCUT2D eigenvalue weighted by Crippen LogP contribution is -2.11. The highest BCUT2D eigenvalue weighted by Gasteiger charge is 2.13. The Kier molecular flexibility index (Phi) is 4.13. The predicted octanol–water partition coefficient (Wildman–Crippen LogP) is 2.13. The van der Waals surface area contributed by atoms with Gasteiger partial charge in [-0.15, -0.1) is 0 Å². The molecule has 0 aliphatic heterocycles. The third kappa shape index (κ3) is 2.57. The zero-order valence-electron chi connectivity index (χ0n) is 8.47. The van der Waals surface area contributed by atoms with Gasteiger partial charge in [-0.2, -0.15) is 0 Å². The van der Waals surface area contributed by atoms with Gasteiger partial charge < -0.3 is 9.94 Å². The SMILES string of the molecule is CC/C(=N/OC)C(O)c1ccccc1. The molecule has 0 aliphatic carbocycles. The Bertz CT molecular complexity index is 295. The first-order valence-electron chi connectivity index (χ1n) is 4.62. The summed E-state index contributed by atoms with van der Waals surface area (Å²) in [4.78, 5) is 4.67. The summed E-state index contributed by atoms with van der Waals surface area (Å²) in [7, 11) is 1.48. The molecule has 0 saturated carbocycles. The number of rotatable bonds is 4. The van der Waals surface area contributed by atoms with E-state index in [0.29, 0.717) is 12.1 Å². The van der Waals surface area contributed by atoms with Crippen LogP contribution >= 0.6 is 0 Å². The number of hydrogen-bond acceptors (Lipinski definition) is 3. The molecule has 0 amide bonds. The van der Waals surface area contributed by atoms with Crippen LogP contribution in [0.2, 0.25) is 0 Å². The van der Waals surface area contributed by atoms with Gasteiger partial charge in [0, 0.05) is 0 Å². The lowest BCUT2D eigenvalue weighted by atomic mass is 10.0. The summed E-state index contributed by atoms with van der Waals surface area (Å²) in [5.74, 6) is 0. The fourth-order valence-corrected chi connectivity index (χ4v) is 1.25. The molecule has 1 aromatic rings. The van der Waals surface area contributed by atoms with Crippen LogP contribution < -0.4 is 0 Å². The minimum Gasteiger partial charge on any atom is -0.399 e. The third-order valence-corrected chi connectivity index (χ3v) is 2.00. The van der Waals surface area contributed by atoms with Gasteiger partial charge in [0.25, 0.3) is 0 Å². The van der Waals surface area contributed by atoms with Gasteiger partial charge in [0.1, 0.15) is 13.2 Å². The van der Waals surface area contributed by atoms with Crippen LogP contribution in [0.4, 0.5) is 0 Å². The fourth-order valence-electron chi connectivity index (χ4n) is 1.25. The molecule has 1 N–H and O–H groups in total. The summed E-state index contributed by atoms with van der Waals surface area (Å²) in [5.41, 5.74) is 1.48. The summed E-state index contributed by atoms with van der Waals surface area (Å²) in [5, 5.41) is 13.7. The van der Waals surface area contributed by atoms with E-state index in [4.69, 9.17) is 0 Å². The van der Waals surface area contributed by atoms with E-state index in [1.807, 2.05) is 37.3 Å². The Balaban J connectivity index is 2.83. The van der Waals surface area contributed by atoms with Crippen molar-refractivity contribution in [2.45, 2.75) is 19.4 Å². The summed E-state index contributed by atoms with van der Waals surface area (Å²) in [6.45, 7) is 1.93. The second kappa shape index (κ2) is 5.40. The van der Waals surface area contributed by atoms with Crippen molar-refractivity contribution in [1.82, 2.24) is 0 Å². The van der Waals surface area contributed by atoms with Gasteiger partial charge in [-0.3, -0.25) is 0 Å². The minimum atomic E-state index is -0.666. The van der Waals surface area contributed by atoms with Crippen LogP contribution in [0.1, 0.15) is 25.0 Å². The molecular weight excluding hydrogens is 178 g/mol. The summed E-state index contributed by atoms with van der Waals surface area (Å²) in [6.07, 6.45) is 0.00493. The van der Waals surface area contributed by atoms with Crippen LogP contribution in [0, 0.1) is 0 Å². The molecule has 0 aromatic heterocycles. The number of benzene rings is 1. The number of aliphatic hydroxyl groups is 1. The van der Waals surface area contributed by atoms with Gasteiger partial charge in [-0.05, 0) is 12.0 Å². The van der Waals surface area contributed by atoms with Crippen LogP contribution in [0.25, 0.3) is 0 Å². The van der Waals surface area contributed by atoms with E-state index < -0.39 is 6.10 Å². The monoisotopic (exact) mass is 193 g/mol. The van der Waals surface area contributed by atoms with Crippen molar-refractivity contribution in [3.05, 3.63) is 35.9 Å². The molecule has 3 nitrogen and oxygen atoms in total. The molecule has 1 rings (SSSR count). The molecule has 1 unspecified atom stereocenters. The van der Waals surface area contributed by atoms with E-state index in [9.17, 15) is 5.11 Å². The molecular formula is C11H15NO2. The smallest absolute Gasteiger partial charge is 0.120 e. The normalized spacial score (nSPS) is 13.8. The summed E-state index contributed by atoms with van der Waals surface area (Å²) < 4.78 is 0. The first-order valence-corrected chi connectivity index (χ1v) is 4.62. The van der Waals surface area contributed by atoms with E-state index in [1.54, 1.807) is 0 Å². The molecule has 0 saturated heterocycles. The molecule has 0 fully saturated rings. The first-order chi connectivity index (χ1) is 6.79. The third-order valence-electron chi connectivity index (χ3n) is 2.00. The second-order valence-corrected chi connectivity index (χ2v) is 2.93. The molecule has 0 heterocycles. The molecule has 0 spiro atoms. The van der Waals surface area contributed by atoms with Crippen molar-refractivity contribution in [3.63, 3.8) is 0 Å². The summed E-state index contributed by atoms with van der Waals surface area (Å²) >= 11 is 0. The standard InChI is InChI=1S/C11H15NO2/c1-3-10(12-14-2)11(13)9-7-5-4-6-8-9/h4-8,11,13H,3H2,1-2H3/b12-10-. The number of oxime groups is 1. The number of aliphatic hydroxyl groups excluding tert-OH is 1. The zero-order valence-corrected chi connectivity index (χ0v) is 8.47. The van der Waals surface area contributed by atoms with Gasteiger partial charge in [0.05, 0.1) is 5.71 Å². The quantitative estimate of drug-likeness (QED) is 0.588. The Morgan fingerprint density at radius 1 is 1.43 bits per heavy atom. The van der Waals surface area contributed by atoms with E-state index >= 15 is 0 Å². The van der Waals surface area contributed by atoms with E-state index in [2.05, 4.69) is 9.99 Å². The molecule has 1 aromatic carbocycles. The lowest BCUT2D eigenvalue weighted by molar-refractivity contribution is 0.193. The highest BCUT2D eigenvalue weighted by Crippen LogP contribution is 2.15. The van der Waals surface area contributed by atoms with Crippen LogP contribution in [-0.4, -0.2) is 17.9 Å². The Morgan fingerprint density at radius 2 is 2.07 bits per heavy atom. The highest BCUT2D eigenvalue weighted by atomic mass is 16.6. The van der Waals surface area contributed by atoms with E-state index in [1.165, 1.54) is 7.11 Å². The van der Waals surface area contributed by atoms with Crippen molar-refractivity contribution in [2.24, 2.45) is 5.16 Å². The average Bonchev–Trinajstić information content (AvgIpc) is 2.26. The van der Waals surface area contributed by atoms with Gasteiger partial charge in [-0.1, -0.05) is 42.4 Å². The van der Waals surface area contributed by atoms with Crippen molar-refractivity contribution < 1.29 is 9.94 Å².